The van der Waals surface area contributed by atoms with Crippen molar-refractivity contribution in [3.63, 3.8) is 0 Å². The standard InChI is InChI=1S/C18H32O5/c1-4-10-15(11-8-6-7-9-12-16(20)21)18(13-5-2,14(3)19)17(22)23/h15H,4-13H2,1-3H3,(H,20,21)(H,22,23). The highest BCUT2D eigenvalue weighted by Crippen LogP contribution is 2.40. The van der Waals surface area contributed by atoms with E-state index in [0.717, 1.165) is 32.1 Å². The molecule has 0 bridgehead atoms. The minimum atomic E-state index is -1.26. The van der Waals surface area contributed by atoms with E-state index in [1.807, 2.05) is 13.8 Å². The van der Waals surface area contributed by atoms with E-state index in [0.29, 0.717) is 25.7 Å². The molecular formula is C18H32O5. The van der Waals surface area contributed by atoms with Crippen LogP contribution in [0.25, 0.3) is 0 Å². The van der Waals surface area contributed by atoms with E-state index in [1.54, 1.807) is 0 Å². The third-order valence-electron chi connectivity index (χ3n) is 4.68. The maximum Gasteiger partial charge on any atom is 0.317 e. The van der Waals surface area contributed by atoms with Gasteiger partial charge in [0.15, 0.2) is 0 Å². The van der Waals surface area contributed by atoms with Crippen LogP contribution in [0.4, 0.5) is 0 Å². The number of aliphatic carboxylic acids is 2. The average molecular weight is 328 g/mol. The summed E-state index contributed by atoms with van der Waals surface area (Å²) in [7, 11) is 0. The van der Waals surface area contributed by atoms with Gasteiger partial charge >= 0.3 is 11.9 Å². The number of carboxylic acid groups (broad SMARTS) is 2. The highest BCUT2D eigenvalue weighted by molar-refractivity contribution is 6.02. The molecule has 0 saturated heterocycles. The van der Waals surface area contributed by atoms with Crippen LogP contribution in [-0.2, 0) is 14.4 Å². The zero-order valence-electron chi connectivity index (χ0n) is 14.8. The number of carbonyl (C=O) groups is 3. The second-order valence-electron chi connectivity index (χ2n) is 6.41. The maximum absolute atomic E-state index is 12.2. The molecule has 0 fully saturated rings. The predicted molar refractivity (Wildman–Crippen MR) is 89.4 cm³/mol. The second-order valence-corrected chi connectivity index (χ2v) is 6.41. The van der Waals surface area contributed by atoms with E-state index >= 15 is 0 Å². The summed E-state index contributed by atoms with van der Waals surface area (Å²) in [6.45, 7) is 5.33. The first kappa shape index (κ1) is 21.6. The lowest BCUT2D eigenvalue weighted by Gasteiger charge is -2.35. The van der Waals surface area contributed by atoms with Gasteiger partial charge in [-0.15, -0.1) is 0 Å². The summed E-state index contributed by atoms with van der Waals surface area (Å²) in [5.74, 6) is -2.15. The maximum atomic E-state index is 12.2. The van der Waals surface area contributed by atoms with Gasteiger partial charge in [-0.1, -0.05) is 46.0 Å². The zero-order valence-corrected chi connectivity index (χ0v) is 14.8. The van der Waals surface area contributed by atoms with Gasteiger partial charge in [0.05, 0.1) is 0 Å². The molecule has 0 radical (unpaired) electrons. The van der Waals surface area contributed by atoms with Crippen molar-refractivity contribution in [1.82, 2.24) is 0 Å². The molecule has 0 aromatic heterocycles. The molecular weight excluding hydrogens is 296 g/mol. The molecule has 0 heterocycles. The number of hydrogen-bond acceptors (Lipinski definition) is 3. The van der Waals surface area contributed by atoms with Crippen LogP contribution in [0.3, 0.4) is 0 Å². The van der Waals surface area contributed by atoms with Crippen LogP contribution < -0.4 is 0 Å². The topological polar surface area (TPSA) is 91.7 Å². The predicted octanol–water partition coefficient (Wildman–Crippen LogP) is 4.29. The van der Waals surface area contributed by atoms with E-state index in [9.17, 15) is 19.5 Å². The number of ketones is 1. The van der Waals surface area contributed by atoms with Crippen LogP contribution in [0.2, 0.25) is 0 Å². The summed E-state index contributed by atoms with van der Waals surface area (Å²) in [5.41, 5.74) is -1.26. The number of hydrogen-bond donors (Lipinski definition) is 2. The van der Waals surface area contributed by atoms with Crippen molar-refractivity contribution in [3.8, 4) is 0 Å². The Morgan fingerprint density at radius 2 is 1.52 bits per heavy atom. The van der Waals surface area contributed by atoms with Crippen LogP contribution in [0, 0.1) is 11.3 Å². The molecule has 5 heteroatoms. The van der Waals surface area contributed by atoms with E-state index < -0.39 is 17.4 Å². The van der Waals surface area contributed by atoms with E-state index in [2.05, 4.69) is 0 Å². The minimum Gasteiger partial charge on any atom is -0.481 e. The molecule has 0 aromatic rings. The fraction of sp³-hybridized carbons (Fsp3) is 0.833. The van der Waals surface area contributed by atoms with Crippen LogP contribution in [-0.4, -0.2) is 27.9 Å². The fourth-order valence-electron chi connectivity index (χ4n) is 3.50. The normalized spacial score (nSPS) is 14.9. The third-order valence-corrected chi connectivity index (χ3v) is 4.68. The minimum absolute atomic E-state index is 0.137. The summed E-state index contributed by atoms with van der Waals surface area (Å²) in [6.07, 6.45) is 6.76. The van der Waals surface area contributed by atoms with Crippen molar-refractivity contribution in [1.29, 1.82) is 0 Å². The summed E-state index contributed by atoms with van der Waals surface area (Å²) >= 11 is 0. The smallest absolute Gasteiger partial charge is 0.317 e. The fourth-order valence-corrected chi connectivity index (χ4v) is 3.50. The largest absolute Gasteiger partial charge is 0.481 e. The molecule has 0 aliphatic carbocycles. The first-order valence-corrected chi connectivity index (χ1v) is 8.79. The lowest BCUT2D eigenvalue weighted by Crippen LogP contribution is -2.44. The Morgan fingerprint density at radius 3 is 1.96 bits per heavy atom. The van der Waals surface area contributed by atoms with Gasteiger partial charge in [-0.2, -0.15) is 0 Å². The molecule has 0 amide bonds. The van der Waals surface area contributed by atoms with Gasteiger partial charge < -0.3 is 10.2 Å². The molecule has 0 saturated carbocycles. The number of carboxylic acids is 2. The molecule has 2 unspecified atom stereocenters. The first-order chi connectivity index (χ1) is 10.8. The molecule has 2 N–H and O–H groups in total. The Hall–Kier alpha value is -1.39. The van der Waals surface area contributed by atoms with Crippen molar-refractivity contribution in [2.24, 2.45) is 11.3 Å². The molecule has 0 spiro atoms. The van der Waals surface area contributed by atoms with Gasteiger partial charge in [0.1, 0.15) is 11.2 Å². The van der Waals surface area contributed by atoms with E-state index in [-0.39, 0.29) is 18.1 Å². The lowest BCUT2D eigenvalue weighted by atomic mass is 9.66. The molecule has 0 aromatic carbocycles. The van der Waals surface area contributed by atoms with Gasteiger partial charge in [-0.3, -0.25) is 14.4 Å². The Balaban J connectivity index is 4.79. The quantitative estimate of drug-likeness (QED) is 0.366. The van der Waals surface area contributed by atoms with E-state index in [1.165, 1.54) is 6.92 Å². The second kappa shape index (κ2) is 11.2. The summed E-state index contributed by atoms with van der Waals surface area (Å²) < 4.78 is 0. The third kappa shape index (κ3) is 6.71. The average Bonchev–Trinajstić information content (AvgIpc) is 2.46. The van der Waals surface area contributed by atoms with Gasteiger partial charge in [0.25, 0.3) is 0 Å². The summed E-state index contributed by atoms with van der Waals surface area (Å²) in [6, 6.07) is 0. The van der Waals surface area contributed by atoms with Crippen molar-refractivity contribution < 1.29 is 24.6 Å². The highest BCUT2D eigenvalue weighted by Gasteiger charge is 2.48. The molecule has 0 aliphatic heterocycles. The molecule has 5 nitrogen and oxygen atoms in total. The number of Topliss-reactive ketones (excluding diaryl/α,β-unsaturated/α-hetero) is 1. The number of unbranched alkanes of at least 4 members (excludes halogenated alkanes) is 3. The Labute approximate surface area is 139 Å². The van der Waals surface area contributed by atoms with Crippen LogP contribution in [0.1, 0.15) is 85.0 Å². The highest BCUT2D eigenvalue weighted by atomic mass is 16.4. The van der Waals surface area contributed by atoms with Gasteiger partial charge in [-0.25, -0.2) is 0 Å². The van der Waals surface area contributed by atoms with Gasteiger partial charge in [0.2, 0.25) is 0 Å². The van der Waals surface area contributed by atoms with Crippen molar-refractivity contribution >= 4 is 17.7 Å². The molecule has 2 atom stereocenters. The molecule has 0 aliphatic rings. The zero-order chi connectivity index (χ0) is 17.9. The lowest BCUT2D eigenvalue weighted by molar-refractivity contribution is -0.160. The Morgan fingerprint density at radius 1 is 0.913 bits per heavy atom. The monoisotopic (exact) mass is 328 g/mol. The number of carbonyl (C=O) groups excluding carboxylic acids is 1. The van der Waals surface area contributed by atoms with Crippen LogP contribution in [0.5, 0.6) is 0 Å². The van der Waals surface area contributed by atoms with Crippen molar-refractivity contribution in [3.05, 3.63) is 0 Å². The Bertz CT molecular complexity index is 375. The van der Waals surface area contributed by atoms with Crippen molar-refractivity contribution in [2.45, 2.75) is 85.0 Å². The SMILES string of the molecule is CCCC(CCCCCCC(=O)O)C(CCC)(C(C)=O)C(=O)O. The van der Waals surface area contributed by atoms with Crippen LogP contribution >= 0.6 is 0 Å². The van der Waals surface area contributed by atoms with Gasteiger partial charge in [0, 0.05) is 6.42 Å². The number of rotatable bonds is 14. The Kier molecular flexibility index (Phi) is 10.5. The summed E-state index contributed by atoms with van der Waals surface area (Å²) in [4.78, 5) is 34.5. The summed E-state index contributed by atoms with van der Waals surface area (Å²) in [5, 5.41) is 18.4. The van der Waals surface area contributed by atoms with Crippen LogP contribution in [0.15, 0.2) is 0 Å². The van der Waals surface area contributed by atoms with Crippen molar-refractivity contribution in [2.75, 3.05) is 0 Å². The molecule has 0 rings (SSSR count). The first-order valence-electron chi connectivity index (χ1n) is 8.79. The molecule has 134 valence electrons. The molecule has 23 heavy (non-hydrogen) atoms. The van der Waals surface area contributed by atoms with Gasteiger partial charge in [-0.05, 0) is 38.5 Å². The van der Waals surface area contributed by atoms with E-state index in [4.69, 9.17) is 5.11 Å².